The topological polar surface area (TPSA) is 43.8 Å². The van der Waals surface area contributed by atoms with Crippen LogP contribution >= 0.6 is 0 Å². The molecule has 0 bridgehead atoms. The molecule has 2 rings (SSSR count). The molecule has 15 heavy (non-hydrogen) atoms. The number of benzene rings is 1. The zero-order valence-electron chi connectivity index (χ0n) is 9.01. The van der Waals surface area contributed by atoms with Crippen LogP contribution in [0.4, 0.5) is 0 Å². The van der Waals surface area contributed by atoms with Crippen molar-refractivity contribution in [1.29, 1.82) is 0 Å². The molecule has 0 fully saturated rings. The molecule has 0 aliphatic carbocycles. The van der Waals surface area contributed by atoms with Gasteiger partial charge in [0, 0.05) is 24.2 Å². The predicted molar refractivity (Wildman–Crippen MR) is 61.2 cm³/mol. The number of hydrogen-bond acceptors (Lipinski definition) is 2. The van der Waals surface area contributed by atoms with E-state index < -0.39 is 0 Å². The number of hydrogen-bond donors (Lipinski definition) is 1. The van der Waals surface area contributed by atoms with E-state index in [1.807, 2.05) is 43.0 Å². The van der Waals surface area contributed by atoms with E-state index in [2.05, 4.69) is 17.2 Å². The first kappa shape index (κ1) is 9.93. The Morgan fingerprint density at radius 3 is 2.53 bits per heavy atom. The van der Waals surface area contributed by atoms with E-state index in [4.69, 9.17) is 5.73 Å². The van der Waals surface area contributed by atoms with Crippen LogP contribution in [0.25, 0.3) is 11.3 Å². The molecule has 1 aromatic heterocycles. The van der Waals surface area contributed by atoms with E-state index in [1.165, 1.54) is 0 Å². The standard InChI is InChI=1S/C12H15N3/c1-9(13)11-8-14-15(2)12(11)10-6-4-3-5-7-10/h3-9H,13H2,1-2H3. The van der Waals surface area contributed by atoms with Crippen LogP contribution in [0.2, 0.25) is 0 Å². The van der Waals surface area contributed by atoms with Gasteiger partial charge in [-0.25, -0.2) is 0 Å². The van der Waals surface area contributed by atoms with Gasteiger partial charge in [-0.3, -0.25) is 4.68 Å². The Morgan fingerprint density at radius 1 is 1.27 bits per heavy atom. The minimum absolute atomic E-state index is 0.00825. The maximum atomic E-state index is 5.91. The molecule has 3 nitrogen and oxygen atoms in total. The quantitative estimate of drug-likeness (QED) is 0.808. The predicted octanol–water partition coefficient (Wildman–Crippen LogP) is 2.11. The fourth-order valence-electron chi connectivity index (χ4n) is 1.74. The van der Waals surface area contributed by atoms with E-state index in [0.717, 1.165) is 16.8 Å². The molecule has 1 heterocycles. The average Bonchev–Trinajstić information content (AvgIpc) is 2.61. The number of aromatic nitrogens is 2. The second-order valence-corrected chi connectivity index (χ2v) is 3.73. The third-order valence-corrected chi connectivity index (χ3v) is 2.50. The Kier molecular flexibility index (Phi) is 2.56. The molecule has 0 radical (unpaired) electrons. The van der Waals surface area contributed by atoms with Gasteiger partial charge in [0.1, 0.15) is 0 Å². The van der Waals surface area contributed by atoms with Crippen molar-refractivity contribution in [1.82, 2.24) is 9.78 Å². The molecule has 2 aromatic rings. The molecule has 0 spiro atoms. The van der Waals surface area contributed by atoms with Gasteiger partial charge in [-0.2, -0.15) is 5.10 Å². The molecule has 0 aliphatic rings. The van der Waals surface area contributed by atoms with Crippen molar-refractivity contribution >= 4 is 0 Å². The van der Waals surface area contributed by atoms with Gasteiger partial charge >= 0.3 is 0 Å². The number of nitrogens with zero attached hydrogens (tertiary/aromatic N) is 2. The number of nitrogens with two attached hydrogens (primary N) is 1. The van der Waals surface area contributed by atoms with Gasteiger partial charge in [-0.15, -0.1) is 0 Å². The van der Waals surface area contributed by atoms with Crippen LogP contribution in [0.15, 0.2) is 36.5 Å². The van der Waals surface area contributed by atoms with Crippen molar-refractivity contribution in [2.45, 2.75) is 13.0 Å². The highest BCUT2D eigenvalue weighted by Gasteiger charge is 2.13. The summed E-state index contributed by atoms with van der Waals surface area (Å²) in [6.07, 6.45) is 1.84. The van der Waals surface area contributed by atoms with Crippen molar-refractivity contribution in [3.63, 3.8) is 0 Å². The molecule has 0 saturated heterocycles. The van der Waals surface area contributed by atoms with Crippen LogP contribution in [-0.4, -0.2) is 9.78 Å². The summed E-state index contributed by atoms with van der Waals surface area (Å²) in [7, 11) is 1.94. The van der Waals surface area contributed by atoms with Crippen molar-refractivity contribution in [2.24, 2.45) is 12.8 Å². The van der Waals surface area contributed by atoms with Crippen molar-refractivity contribution in [3.05, 3.63) is 42.1 Å². The van der Waals surface area contributed by atoms with Gasteiger partial charge < -0.3 is 5.73 Å². The summed E-state index contributed by atoms with van der Waals surface area (Å²) in [5.41, 5.74) is 9.26. The molecule has 0 saturated carbocycles. The van der Waals surface area contributed by atoms with Crippen LogP contribution < -0.4 is 5.73 Å². The third-order valence-electron chi connectivity index (χ3n) is 2.50. The second kappa shape index (κ2) is 3.87. The summed E-state index contributed by atoms with van der Waals surface area (Å²) in [6.45, 7) is 1.98. The minimum Gasteiger partial charge on any atom is -0.324 e. The Bertz CT molecular complexity index is 443. The lowest BCUT2D eigenvalue weighted by atomic mass is 10.0. The SMILES string of the molecule is CC(N)c1cnn(C)c1-c1ccccc1. The van der Waals surface area contributed by atoms with E-state index in [-0.39, 0.29) is 6.04 Å². The molecule has 2 N–H and O–H groups in total. The largest absolute Gasteiger partial charge is 0.324 e. The van der Waals surface area contributed by atoms with Crippen LogP contribution in [0.5, 0.6) is 0 Å². The summed E-state index contributed by atoms with van der Waals surface area (Å²) in [5.74, 6) is 0. The Balaban J connectivity index is 2.57. The molecule has 0 aliphatic heterocycles. The van der Waals surface area contributed by atoms with Crippen LogP contribution in [0, 0.1) is 0 Å². The van der Waals surface area contributed by atoms with Gasteiger partial charge in [-0.05, 0) is 6.92 Å². The minimum atomic E-state index is 0.00825. The maximum Gasteiger partial charge on any atom is 0.0726 e. The van der Waals surface area contributed by atoms with Crippen molar-refractivity contribution < 1.29 is 0 Å². The molecule has 1 aromatic carbocycles. The average molecular weight is 201 g/mol. The zero-order valence-corrected chi connectivity index (χ0v) is 9.01. The summed E-state index contributed by atoms with van der Waals surface area (Å²) < 4.78 is 1.87. The van der Waals surface area contributed by atoms with Gasteiger partial charge in [0.2, 0.25) is 0 Å². The first-order valence-electron chi connectivity index (χ1n) is 5.03. The van der Waals surface area contributed by atoms with Gasteiger partial charge in [0.25, 0.3) is 0 Å². The van der Waals surface area contributed by atoms with E-state index in [1.54, 1.807) is 0 Å². The van der Waals surface area contributed by atoms with E-state index in [9.17, 15) is 0 Å². The Hall–Kier alpha value is -1.61. The lowest BCUT2D eigenvalue weighted by Crippen LogP contribution is -2.06. The van der Waals surface area contributed by atoms with Gasteiger partial charge in [-0.1, -0.05) is 30.3 Å². The molecule has 1 unspecified atom stereocenters. The first-order valence-corrected chi connectivity index (χ1v) is 5.03. The monoisotopic (exact) mass is 201 g/mol. The fraction of sp³-hybridized carbons (Fsp3) is 0.250. The lowest BCUT2D eigenvalue weighted by molar-refractivity contribution is 0.772. The molecular formula is C12H15N3. The number of aryl methyl sites for hydroxylation is 1. The normalized spacial score (nSPS) is 12.7. The highest BCUT2D eigenvalue weighted by atomic mass is 15.3. The highest BCUT2D eigenvalue weighted by Crippen LogP contribution is 2.26. The van der Waals surface area contributed by atoms with Crippen LogP contribution in [0.3, 0.4) is 0 Å². The molecular weight excluding hydrogens is 186 g/mol. The van der Waals surface area contributed by atoms with Crippen LogP contribution in [0.1, 0.15) is 18.5 Å². The lowest BCUT2D eigenvalue weighted by Gasteiger charge is -2.08. The fourth-order valence-corrected chi connectivity index (χ4v) is 1.74. The molecule has 3 heteroatoms. The maximum absolute atomic E-state index is 5.91. The molecule has 1 atom stereocenters. The number of rotatable bonds is 2. The third kappa shape index (κ3) is 1.78. The summed E-state index contributed by atoms with van der Waals surface area (Å²) in [4.78, 5) is 0. The summed E-state index contributed by atoms with van der Waals surface area (Å²) in [5, 5.41) is 4.25. The Labute approximate surface area is 89.5 Å². The molecule has 0 amide bonds. The van der Waals surface area contributed by atoms with Crippen molar-refractivity contribution in [3.8, 4) is 11.3 Å². The highest BCUT2D eigenvalue weighted by molar-refractivity contribution is 5.63. The van der Waals surface area contributed by atoms with Crippen LogP contribution in [-0.2, 0) is 7.05 Å². The molecule has 78 valence electrons. The van der Waals surface area contributed by atoms with Gasteiger partial charge in [0.15, 0.2) is 0 Å². The smallest absolute Gasteiger partial charge is 0.0726 e. The Morgan fingerprint density at radius 2 is 1.93 bits per heavy atom. The first-order chi connectivity index (χ1) is 7.20. The summed E-state index contributed by atoms with van der Waals surface area (Å²) >= 11 is 0. The second-order valence-electron chi connectivity index (χ2n) is 3.73. The van der Waals surface area contributed by atoms with E-state index >= 15 is 0 Å². The summed E-state index contributed by atoms with van der Waals surface area (Å²) in [6, 6.07) is 10.2. The zero-order chi connectivity index (χ0) is 10.8. The van der Waals surface area contributed by atoms with Gasteiger partial charge in [0.05, 0.1) is 11.9 Å². The van der Waals surface area contributed by atoms with E-state index in [0.29, 0.717) is 0 Å². The van der Waals surface area contributed by atoms with Crippen molar-refractivity contribution in [2.75, 3.05) is 0 Å².